The molecule has 0 spiro atoms. The minimum absolute atomic E-state index is 0.0261. The molecule has 136 valence electrons. The van der Waals surface area contributed by atoms with Crippen molar-refractivity contribution in [2.75, 3.05) is 24.5 Å². The first-order chi connectivity index (χ1) is 12.0. The molecule has 2 aliphatic rings. The van der Waals surface area contributed by atoms with Crippen LogP contribution < -0.4 is 15.5 Å². The van der Waals surface area contributed by atoms with Crippen LogP contribution in [0.2, 0.25) is 5.02 Å². The van der Waals surface area contributed by atoms with E-state index in [2.05, 4.69) is 10.6 Å². The molecule has 5 nitrogen and oxygen atoms in total. The average Bonchev–Trinajstić information content (AvgIpc) is 2.78. The maximum absolute atomic E-state index is 13.6. The van der Waals surface area contributed by atoms with Crippen molar-refractivity contribution < 1.29 is 14.0 Å². The van der Waals surface area contributed by atoms with Crippen molar-refractivity contribution in [3.8, 4) is 0 Å². The first-order valence-electron chi connectivity index (χ1n) is 8.81. The Balaban J connectivity index is 1.56. The summed E-state index contributed by atoms with van der Waals surface area (Å²) in [7, 11) is 0. The molecule has 25 heavy (non-hydrogen) atoms. The minimum atomic E-state index is -0.554. The van der Waals surface area contributed by atoms with Gasteiger partial charge in [0.1, 0.15) is 11.9 Å². The zero-order valence-electron chi connectivity index (χ0n) is 14.1. The third-order valence-corrected chi connectivity index (χ3v) is 5.23. The Hall–Kier alpha value is -1.66. The summed E-state index contributed by atoms with van der Waals surface area (Å²) in [6.45, 7) is 2.40. The molecule has 1 aromatic carbocycles. The van der Waals surface area contributed by atoms with Crippen LogP contribution in [0, 0.1) is 11.7 Å². The van der Waals surface area contributed by atoms with Gasteiger partial charge in [0, 0.05) is 18.7 Å². The molecule has 2 heterocycles. The largest absolute Gasteiger partial charge is 0.344 e. The number of rotatable bonds is 4. The van der Waals surface area contributed by atoms with E-state index in [0.717, 1.165) is 32.4 Å². The topological polar surface area (TPSA) is 61.4 Å². The lowest BCUT2D eigenvalue weighted by Gasteiger charge is -2.18. The predicted molar refractivity (Wildman–Crippen MR) is 95.1 cm³/mol. The SMILES string of the molecule is O=C(CC1CCCNCC1)NC1CCN(c2ccc(Cl)c(F)c2)C1=O. The smallest absolute Gasteiger partial charge is 0.249 e. The average molecular weight is 368 g/mol. The van der Waals surface area contributed by atoms with Gasteiger partial charge in [-0.25, -0.2) is 4.39 Å². The van der Waals surface area contributed by atoms with Gasteiger partial charge in [-0.2, -0.15) is 0 Å². The summed E-state index contributed by atoms with van der Waals surface area (Å²) in [4.78, 5) is 26.3. The Morgan fingerprint density at radius 3 is 2.96 bits per heavy atom. The van der Waals surface area contributed by atoms with Crippen molar-refractivity contribution in [2.24, 2.45) is 5.92 Å². The Labute approximate surface area is 151 Å². The van der Waals surface area contributed by atoms with Gasteiger partial charge < -0.3 is 15.5 Å². The molecule has 2 saturated heterocycles. The third-order valence-electron chi connectivity index (χ3n) is 4.92. The highest BCUT2D eigenvalue weighted by Gasteiger charge is 2.34. The van der Waals surface area contributed by atoms with Gasteiger partial charge >= 0.3 is 0 Å². The number of halogens is 2. The summed E-state index contributed by atoms with van der Waals surface area (Å²) in [5, 5.41) is 6.21. The van der Waals surface area contributed by atoms with Crippen LogP contribution >= 0.6 is 11.6 Å². The van der Waals surface area contributed by atoms with E-state index >= 15 is 0 Å². The lowest BCUT2D eigenvalue weighted by Crippen LogP contribution is -2.42. The van der Waals surface area contributed by atoms with E-state index in [9.17, 15) is 14.0 Å². The molecular weight excluding hydrogens is 345 g/mol. The fraction of sp³-hybridized carbons (Fsp3) is 0.556. The van der Waals surface area contributed by atoms with Crippen LogP contribution in [0.4, 0.5) is 10.1 Å². The van der Waals surface area contributed by atoms with Crippen LogP contribution in [0.15, 0.2) is 18.2 Å². The summed E-state index contributed by atoms with van der Waals surface area (Å²) in [5.74, 6) is -0.457. The highest BCUT2D eigenvalue weighted by molar-refractivity contribution is 6.30. The molecular formula is C18H23ClFN3O2. The molecule has 2 amide bonds. The highest BCUT2D eigenvalue weighted by Crippen LogP contribution is 2.26. The Kier molecular flexibility index (Phi) is 5.91. The van der Waals surface area contributed by atoms with E-state index in [4.69, 9.17) is 11.6 Å². The molecule has 7 heteroatoms. The van der Waals surface area contributed by atoms with Crippen LogP contribution in [0.5, 0.6) is 0 Å². The summed E-state index contributed by atoms with van der Waals surface area (Å²) in [5.41, 5.74) is 0.471. The molecule has 1 aromatic rings. The van der Waals surface area contributed by atoms with Crippen molar-refractivity contribution in [1.82, 2.24) is 10.6 Å². The maximum Gasteiger partial charge on any atom is 0.249 e. The predicted octanol–water partition coefficient (Wildman–Crippen LogP) is 2.48. The second-order valence-corrected chi connectivity index (χ2v) is 7.16. The van der Waals surface area contributed by atoms with Gasteiger partial charge in [0.05, 0.1) is 5.02 Å². The first-order valence-corrected chi connectivity index (χ1v) is 9.19. The van der Waals surface area contributed by atoms with Crippen molar-refractivity contribution in [3.05, 3.63) is 29.0 Å². The molecule has 3 rings (SSSR count). The molecule has 0 radical (unpaired) electrons. The molecule has 0 aromatic heterocycles. The highest BCUT2D eigenvalue weighted by atomic mass is 35.5. The van der Waals surface area contributed by atoms with E-state index in [1.807, 2.05) is 0 Å². The Bertz CT molecular complexity index is 647. The van der Waals surface area contributed by atoms with Gasteiger partial charge in [-0.1, -0.05) is 11.6 Å². The van der Waals surface area contributed by atoms with Gasteiger partial charge in [0.15, 0.2) is 0 Å². The van der Waals surface area contributed by atoms with Gasteiger partial charge in [-0.15, -0.1) is 0 Å². The number of nitrogens with one attached hydrogen (secondary N) is 2. The lowest BCUT2D eigenvalue weighted by molar-refractivity contribution is -0.127. The maximum atomic E-state index is 13.6. The number of carbonyl (C=O) groups is 2. The van der Waals surface area contributed by atoms with Crippen LogP contribution in [-0.2, 0) is 9.59 Å². The monoisotopic (exact) mass is 367 g/mol. The fourth-order valence-corrected chi connectivity index (χ4v) is 3.65. The van der Waals surface area contributed by atoms with E-state index in [-0.39, 0.29) is 16.8 Å². The summed E-state index contributed by atoms with van der Waals surface area (Å²) in [6.07, 6.45) is 4.09. The van der Waals surface area contributed by atoms with Crippen LogP contribution in [-0.4, -0.2) is 37.5 Å². The van der Waals surface area contributed by atoms with Crippen molar-refractivity contribution in [2.45, 2.75) is 38.1 Å². The number of anilines is 1. The molecule has 2 aliphatic heterocycles. The number of hydrogen-bond acceptors (Lipinski definition) is 3. The van der Waals surface area contributed by atoms with Crippen molar-refractivity contribution in [3.63, 3.8) is 0 Å². The number of benzene rings is 1. The number of nitrogens with zero attached hydrogens (tertiary/aromatic N) is 1. The molecule has 2 unspecified atom stereocenters. The van der Waals surface area contributed by atoms with Crippen molar-refractivity contribution >= 4 is 29.1 Å². The quantitative estimate of drug-likeness (QED) is 0.859. The molecule has 0 aliphatic carbocycles. The van der Waals surface area contributed by atoms with Gasteiger partial charge in [-0.3, -0.25) is 9.59 Å². The normalized spacial score (nSPS) is 24.2. The molecule has 0 bridgehead atoms. The summed E-state index contributed by atoms with van der Waals surface area (Å²) in [6, 6.07) is 3.77. The van der Waals surface area contributed by atoms with Crippen LogP contribution in [0.1, 0.15) is 32.1 Å². The molecule has 2 N–H and O–H groups in total. The zero-order chi connectivity index (χ0) is 17.8. The van der Waals surface area contributed by atoms with Gasteiger partial charge in [0.25, 0.3) is 0 Å². The number of hydrogen-bond donors (Lipinski definition) is 2. The third kappa shape index (κ3) is 4.50. The van der Waals surface area contributed by atoms with Gasteiger partial charge in [-0.05, 0) is 62.9 Å². The fourth-order valence-electron chi connectivity index (χ4n) is 3.53. The van der Waals surface area contributed by atoms with Crippen LogP contribution in [0.3, 0.4) is 0 Å². The van der Waals surface area contributed by atoms with E-state index < -0.39 is 11.9 Å². The van der Waals surface area contributed by atoms with E-state index in [1.54, 1.807) is 6.07 Å². The standard InChI is InChI=1S/C18H23ClFN3O2/c19-14-4-3-13(11-15(14)20)23-9-6-16(18(23)25)22-17(24)10-12-2-1-7-21-8-5-12/h3-4,11-12,16,21H,1-2,5-10H2,(H,22,24). The molecule has 2 atom stereocenters. The summed E-state index contributed by atoms with van der Waals surface area (Å²) < 4.78 is 13.6. The second kappa shape index (κ2) is 8.15. The first kappa shape index (κ1) is 18.1. The number of amides is 2. The van der Waals surface area contributed by atoms with Crippen LogP contribution in [0.25, 0.3) is 0 Å². The molecule has 0 saturated carbocycles. The van der Waals surface area contributed by atoms with E-state index in [1.165, 1.54) is 17.0 Å². The molecule has 2 fully saturated rings. The minimum Gasteiger partial charge on any atom is -0.344 e. The van der Waals surface area contributed by atoms with Gasteiger partial charge in [0.2, 0.25) is 11.8 Å². The Morgan fingerprint density at radius 2 is 2.16 bits per heavy atom. The second-order valence-electron chi connectivity index (χ2n) is 6.75. The Morgan fingerprint density at radius 1 is 1.32 bits per heavy atom. The summed E-state index contributed by atoms with van der Waals surface area (Å²) >= 11 is 5.69. The zero-order valence-corrected chi connectivity index (χ0v) is 14.8. The van der Waals surface area contributed by atoms with Crippen molar-refractivity contribution in [1.29, 1.82) is 0 Å². The van der Waals surface area contributed by atoms with E-state index in [0.29, 0.717) is 31.0 Å². The number of carbonyl (C=O) groups excluding carboxylic acids is 2. The lowest BCUT2D eigenvalue weighted by atomic mass is 9.96.